The molecule has 1 fully saturated rings. The van der Waals surface area contributed by atoms with Gasteiger partial charge < -0.3 is 15.0 Å². The summed E-state index contributed by atoms with van der Waals surface area (Å²) in [6.07, 6.45) is -0.0714. The fourth-order valence-corrected chi connectivity index (χ4v) is 2.63. The molecule has 112 valence electrons. The van der Waals surface area contributed by atoms with Crippen LogP contribution in [-0.2, 0) is 6.54 Å². The third-order valence-corrected chi connectivity index (χ3v) is 3.65. The number of carbonyl (C=O) groups is 1. The summed E-state index contributed by atoms with van der Waals surface area (Å²) in [5.41, 5.74) is -0.730. The Morgan fingerprint density at radius 3 is 2.60 bits per heavy atom. The van der Waals surface area contributed by atoms with Crippen molar-refractivity contribution in [2.75, 3.05) is 6.61 Å². The normalized spacial score (nSPS) is 18.2. The summed E-state index contributed by atoms with van der Waals surface area (Å²) in [6.45, 7) is -1.40. The smallest absolute Gasteiger partial charge is 0.394 e. The highest BCUT2D eigenvalue weighted by Crippen LogP contribution is 2.29. The molecule has 0 bridgehead atoms. The highest BCUT2D eigenvalue weighted by molar-refractivity contribution is 5.93. The van der Waals surface area contributed by atoms with Crippen LogP contribution in [0.5, 0.6) is 0 Å². The first-order valence-corrected chi connectivity index (χ1v) is 6.50. The maximum absolute atomic E-state index is 12.4. The summed E-state index contributed by atoms with van der Waals surface area (Å²) in [4.78, 5) is 12.1. The number of carbonyl (C=O) groups excluding carboxylic acids is 1. The highest BCUT2D eigenvalue weighted by atomic mass is 19.4. The number of amides is 1. The number of aromatic nitrogens is 1. The Bertz CT molecular complexity index is 476. The summed E-state index contributed by atoms with van der Waals surface area (Å²) in [6, 6.07) is 2.75. The van der Waals surface area contributed by atoms with Gasteiger partial charge in [0.1, 0.15) is 12.2 Å². The maximum Gasteiger partial charge on any atom is 0.406 e. The summed E-state index contributed by atoms with van der Waals surface area (Å²) in [5, 5.41) is 12.1. The molecule has 1 aromatic rings. The molecule has 1 amide bonds. The van der Waals surface area contributed by atoms with Crippen molar-refractivity contribution in [3.05, 3.63) is 24.0 Å². The average Bonchev–Trinajstić information content (AvgIpc) is 2.97. The van der Waals surface area contributed by atoms with Crippen molar-refractivity contribution >= 4 is 5.91 Å². The third-order valence-electron chi connectivity index (χ3n) is 3.65. The Balaban J connectivity index is 2.12. The first-order chi connectivity index (χ1) is 9.35. The monoisotopic (exact) mass is 290 g/mol. The number of hydrogen-bond donors (Lipinski definition) is 2. The van der Waals surface area contributed by atoms with Crippen LogP contribution in [-0.4, -0.2) is 33.9 Å². The zero-order valence-electron chi connectivity index (χ0n) is 10.9. The number of rotatable bonds is 4. The molecule has 0 unspecified atom stereocenters. The van der Waals surface area contributed by atoms with Crippen LogP contribution >= 0.6 is 0 Å². The molecule has 2 N–H and O–H groups in total. The molecule has 4 nitrogen and oxygen atoms in total. The van der Waals surface area contributed by atoms with Gasteiger partial charge in [0.05, 0.1) is 12.1 Å². The standard InChI is InChI=1S/C13H17F3N2O2/c14-13(15,16)8-18-7-3-4-10(18)11(20)17-12(9-19)5-1-2-6-12/h3-4,7,19H,1-2,5-6,8-9H2,(H,17,20). The summed E-state index contributed by atoms with van der Waals surface area (Å²) in [5.74, 6) is -0.574. The molecule has 1 aromatic heterocycles. The Morgan fingerprint density at radius 2 is 2.05 bits per heavy atom. The van der Waals surface area contributed by atoms with Gasteiger partial charge in [-0.2, -0.15) is 13.2 Å². The summed E-state index contributed by atoms with van der Waals surface area (Å²) < 4.78 is 38.1. The number of nitrogens with one attached hydrogen (secondary N) is 1. The quantitative estimate of drug-likeness (QED) is 0.892. The maximum atomic E-state index is 12.4. The molecule has 0 radical (unpaired) electrons. The van der Waals surface area contributed by atoms with Crippen molar-refractivity contribution in [3.63, 3.8) is 0 Å². The molecule has 0 aliphatic heterocycles. The molecule has 0 aromatic carbocycles. The Kier molecular flexibility index (Phi) is 4.08. The van der Waals surface area contributed by atoms with Crippen LogP contribution in [0.25, 0.3) is 0 Å². The van der Waals surface area contributed by atoms with E-state index in [4.69, 9.17) is 0 Å². The van der Waals surface area contributed by atoms with Crippen LogP contribution in [0.15, 0.2) is 18.3 Å². The SMILES string of the molecule is O=C(NC1(CO)CCCC1)c1cccn1CC(F)(F)F. The van der Waals surface area contributed by atoms with Gasteiger partial charge in [0, 0.05) is 6.20 Å². The molecule has 1 aliphatic rings. The van der Waals surface area contributed by atoms with E-state index in [0.29, 0.717) is 12.8 Å². The first kappa shape index (κ1) is 14.9. The van der Waals surface area contributed by atoms with Gasteiger partial charge in [-0.15, -0.1) is 0 Å². The second-order valence-electron chi connectivity index (χ2n) is 5.24. The molecule has 1 aliphatic carbocycles. The lowest BCUT2D eigenvalue weighted by Gasteiger charge is -2.28. The molecule has 1 heterocycles. The van der Waals surface area contributed by atoms with Crippen LogP contribution in [0.2, 0.25) is 0 Å². The van der Waals surface area contributed by atoms with Crippen LogP contribution in [0.4, 0.5) is 13.2 Å². The van der Waals surface area contributed by atoms with Gasteiger partial charge >= 0.3 is 6.18 Å². The lowest BCUT2D eigenvalue weighted by Crippen LogP contribution is -2.49. The molecule has 1 saturated carbocycles. The van der Waals surface area contributed by atoms with Crippen molar-refractivity contribution in [2.24, 2.45) is 0 Å². The lowest BCUT2D eigenvalue weighted by molar-refractivity contribution is -0.140. The number of aliphatic hydroxyl groups excluding tert-OH is 1. The Labute approximate surface area is 114 Å². The number of aliphatic hydroxyl groups is 1. The zero-order chi connectivity index (χ0) is 14.8. The number of halogens is 3. The first-order valence-electron chi connectivity index (χ1n) is 6.50. The van der Waals surface area contributed by atoms with Crippen LogP contribution in [0, 0.1) is 0 Å². The van der Waals surface area contributed by atoms with E-state index in [-0.39, 0.29) is 12.3 Å². The molecule has 7 heteroatoms. The van der Waals surface area contributed by atoms with E-state index < -0.39 is 24.2 Å². The molecule has 0 spiro atoms. The fraction of sp³-hybridized carbons (Fsp3) is 0.615. The van der Waals surface area contributed by atoms with Crippen LogP contribution < -0.4 is 5.32 Å². The van der Waals surface area contributed by atoms with Crippen molar-refractivity contribution in [2.45, 2.75) is 43.9 Å². The average molecular weight is 290 g/mol. The molecule has 0 saturated heterocycles. The van der Waals surface area contributed by atoms with Gasteiger partial charge in [-0.25, -0.2) is 0 Å². The van der Waals surface area contributed by atoms with Gasteiger partial charge in [-0.05, 0) is 25.0 Å². The second kappa shape index (κ2) is 5.47. The van der Waals surface area contributed by atoms with E-state index in [1.54, 1.807) is 0 Å². The van der Waals surface area contributed by atoms with Crippen LogP contribution in [0.3, 0.4) is 0 Å². The van der Waals surface area contributed by atoms with E-state index in [9.17, 15) is 23.1 Å². The van der Waals surface area contributed by atoms with Crippen molar-refractivity contribution in [3.8, 4) is 0 Å². The largest absolute Gasteiger partial charge is 0.406 e. The van der Waals surface area contributed by atoms with Gasteiger partial charge in [0.2, 0.25) is 0 Å². The topological polar surface area (TPSA) is 54.3 Å². The molecule has 2 rings (SSSR count). The molecule has 0 atom stereocenters. The molecular formula is C13H17F3N2O2. The number of hydrogen-bond acceptors (Lipinski definition) is 2. The summed E-state index contributed by atoms with van der Waals surface area (Å²) in [7, 11) is 0. The van der Waals surface area contributed by atoms with Crippen molar-refractivity contribution < 1.29 is 23.1 Å². The molecular weight excluding hydrogens is 273 g/mol. The van der Waals surface area contributed by atoms with Crippen molar-refractivity contribution in [1.82, 2.24) is 9.88 Å². The minimum Gasteiger partial charge on any atom is -0.394 e. The zero-order valence-corrected chi connectivity index (χ0v) is 10.9. The predicted molar refractivity (Wildman–Crippen MR) is 66.2 cm³/mol. The van der Waals surface area contributed by atoms with E-state index in [2.05, 4.69) is 5.32 Å². The van der Waals surface area contributed by atoms with Gasteiger partial charge in [-0.3, -0.25) is 4.79 Å². The lowest BCUT2D eigenvalue weighted by atomic mass is 9.99. The van der Waals surface area contributed by atoms with E-state index in [0.717, 1.165) is 17.4 Å². The van der Waals surface area contributed by atoms with Gasteiger partial charge in [0.15, 0.2) is 0 Å². The second-order valence-corrected chi connectivity index (χ2v) is 5.24. The van der Waals surface area contributed by atoms with Crippen molar-refractivity contribution in [1.29, 1.82) is 0 Å². The minimum atomic E-state index is -4.38. The summed E-state index contributed by atoms with van der Waals surface area (Å²) >= 11 is 0. The predicted octanol–water partition coefficient (Wildman–Crippen LogP) is 2.09. The Morgan fingerprint density at radius 1 is 1.40 bits per heavy atom. The third kappa shape index (κ3) is 3.33. The number of alkyl halides is 3. The van der Waals surface area contributed by atoms with Gasteiger partial charge in [-0.1, -0.05) is 12.8 Å². The fourth-order valence-electron chi connectivity index (χ4n) is 2.63. The van der Waals surface area contributed by atoms with Crippen LogP contribution in [0.1, 0.15) is 36.2 Å². The number of nitrogens with zero attached hydrogens (tertiary/aromatic N) is 1. The Hall–Kier alpha value is -1.50. The van der Waals surface area contributed by atoms with E-state index in [1.165, 1.54) is 18.3 Å². The highest BCUT2D eigenvalue weighted by Gasteiger charge is 2.36. The minimum absolute atomic E-state index is 0.0398. The van der Waals surface area contributed by atoms with Gasteiger partial charge in [0.25, 0.3) is 5.91 Å². The molecule has 20 heavy (non-hydrogen) atoms. The van der Waals surface area contributed by atoms with E-state index in [1.807, 2.05) is 0 Å². The van der Waals surface area contributed by atoms with E-state index >= 15 is 0 Å².